The van der Waals surface area contributed by atoms with E-state index in [1.54, 1.807) is 0 Å². The number of aryl methyl sites for hydroxylation is 1. The van der Waals surface area contributed by atoms with Gasteiger partial charge in [0.25, 0.3) is 0 Å². The van der Waals surface area contributed by atoms with Crippen molar-refractivity contribution in [2.24, 2.45) is 0 Å². The first-order valence-electron chi connectivity index (χ1n) is 15.2. The second-order valence-electron chi connectivity index (χ2n) is 11.4. The molecule has 8 rings (SSSR count). The van der Waals surface area contributed by atoms with Gasteiger partial charge in [-0.1, -0.05) is 84.9 Å². The van der Waals surface area contributed by atoms with Crippen LogP contribution in [0.5, 0.6) is 11.5 Å². The predicted octanol–water partition coefficient (Wildman–Crippen LogP) is 10.7. The number of aromatic nitrogens is 3. The summed E-state index contributed by atoms with van der Waals surface area (Å²) < 4.78 is 11.0. The summed E-state index contributed by atoms with van der Waals surface area (Å²) in [6, 6.07) is 48.4. The first-order valence-corrected chi connectivity index (χ1v) is 15.2. The Morgan fingerprint density at radius 2 is 1.27 bits per heavy atom. The van der Waals surface area contributed by atoms with Crippen molar-refractivity contribution in [1.82, 2.24) is 14.1 Å². The Balaban J connectivity index is 1.13. The Kier molecular flexibility index (Phi) is 6.54. The van der Waals surface area contributed by atoms with E-state index < -0.39 is 0 Å². The highest BCUT2D eigenvalue weighted by atomic mass is 16.5. The average Bonchev–Trinajstić information content (AvgIpc) is 3.58. The molecule has 0 aliphatic carbocycles. The predicted molar refractivity (Wildman–Crippen MR) is 185 cm³/mol. The van der Waals surface area contributed by atoms with Gasteiger partial charge in [-0.3, -0.25) is 4.57 Å². The van der Waals surface area contributed by atoms with Gasteiger partial charge in [0.05, 0.1) is 11.0 Å². The van der Waals surface area contributed by atoms with E-state index >= 15 is 0 Å². The quantitative estimate of drug-likeness (QED) is 0.196. The lowest BCUT2D eigenvalue weighted by Gasteiger charge is -2.12. The van der Waals surface area contributed by atoms with Crippen molar-refractivity contribution in [3.8, 4) is 45.3 Å². The smallest absolute Gasteiger partial charge is 0.137 e. The van der Waals surface area contributed by atoms with Gasteiger partial charge in [0, 0.05) is 52.2 Å². The van der Waals surface area contributed by atoms with Crippen LogP contribution in [0.2, 0.25) is 0 Å². The highest BCUT2D eigenvalue weighted by Gasteiger charge is 2.16. The highest BCUT2D eigenvalue weighted by molar-refractivity contribution is 6.09. The molecule has 3 heterocycles. The molecular formula is C41H31N3O. The molecule has 5 aromatic carbocycles. The zero-order valence-electron chi connectivity index (χ0n) is 25.2. The molecule has 216 valence electrons. The van der Waals surface area contributed by atoms with Crippen molar-refractivity contribution >= 4 is 21.8 Å². The van der Waals surface area contributed by atoms with E-state index in [1.807, 2.05) is 36.5 Å². The third-order valence-corrected chi connectivity index (χ3v) is 8.58. The van der Waals surface area contributed by atoms with Gasteiger partial charge in [-0.25, -0.2) is 4.98 Å². The molecule has 0 atom stereocenters. The molecule has 0 amide bonds. The van der Waals surface area contributed by atoms with Gasteiger partial charge in [-0.2, -0.15) is 0 Å². The minimum absolute atomic E-state index is 0.777. The fourth-order valence-electron chi connectivity index (χ4n) is 6.51. The number of pyridine rings is 1. The molecule has 3 aromatic heterocycles. The summed E-state index contributed by atoms with van der Waals surface area (Å²) in [6.07, 6.45) is 4.05. The van der Waals surface area contributed by atoms with Crippen LogP contribution < -0.4 is 4.74 Å². The van der Waals surface area contributed by atoms with Crippen LogP contribution in [-0.2, 0) is 0 Å². The lowest BCUT2D eigenvalue weighted by molar-refractivity contribution is 0.483. The van der Waals surface area contributed by atoms with Crippen LogP contribution in [0.15, 0.2) is 152 Å². The molecule has 0 bridgehead atoms. The average molecular weight is 582 g/mol. The third-order valence-electron chi connectivity index (χ3n) is 8.58. The molecule has 45 heavy (non-hydrogen) atoms. The van der Waals surface area contributed by atoms with Crippen LogP contribution in [0, 0.1) is 13.8 Å². The van der Waals surface area contributed by atoms with Crippen molar-refractivity contribution in [3.05, 3.63) is 163 Å². The molecule has 0 unspecified atom stereocenters. The SMILES string of the molecule is Cc1cn(-c2cccc(Oc3ccc4c5ccccc5n(-c5ccccn5)c4c3)c2)c(C)c1-c1ccc(-c2ccccc2)cc1. The van der Waals surface area contributed by atoms with Crippen LogP contribution in [0.3, 0.4) is 0 Å². The monoisotopic (exact) mass is 581 g/mol. The number of benzene rings is 5. The zero-order valence-corrected chi connectivity index (χ0v) is 25.2. The second-order valence-corrected chi connectivity index (χ2v) is 11.4. The van der Waals surface area contributed by atoms with Crippen LogP contribution in [0.25, 0.3) is 55.6 Å². The first kappa shape index (κ1) is 26.7. The number of hydrogen-bond acceptors (Lipinski definition) is 2. The van der Waals surface area contributed by atoms with E-state index in [2.05, 4.69) is 143 Å². The number of ether oxygens (including phenoxy) is 1. The fourth-order valence-corrected chi connectivity index (χ4v) is 6.51. The zero-order chi connectivity index (χ0) is 30.3. The summed E-state index contributed by atoms with van der Waals surface area (Å²) in [5.74, 6) is 2.44. The second kappa shape index (κ2) is 11.0. The van der Waals surface area contributed by atoms with Gasteiger partial charge in [0.15, 0.2) is 0 Å². The van der Waals surface area contributed by atoms with Gasteiger partial charge in [-0.15, -0.1) is 0 Å². The van der Waals surface area contributed by atoms with Crippen molar-refractivity contribution < 1.29 is 4.74 Å². The van der Waals surface area contributed by atoms with E-state index in [0.29, 0.717) is 0 Å². The van der Waals surface area contributed by atoms with Crippen molar-refractivity contribution in [2.45, 2.75) is 13.8 Å². The minimum Gasteiger partial charge on any atom is -0.457 e. The highest BCUT2D eigenvalue weighted by Crippen LogP contribution is 2.36. The lowest BCUT2D eigenvalue weighted by atomic mass is 9.99. The number of nitrogens with zero attached hydrogens (tertiary/aromatic N) is 3. The Bertz CT molecular complexity index is 2300. The largest absolute Gasteiger partial charge is 0.457 e. The summed E-state index contributed by atoms with van der Waals surface area (Å²) >= 11 is 0. The maximum Gasteiger partial charge on any atom is 0.137 e. The summed E-state index contributed by atoms with van der Waals surface area (Å²) in [7, 11) is 0. The summed E-state index contributed by atoms with van der Waals surface area (Å²) in [4.78, 5) is 4.66. The van der Waals surface area contributed by atoms with E-state index in [-0.39, 0.29) is 0 Å². The normalized spacial score (nSPS) is 11.3. The molecule has 0 saturated carbocycles. The molecule has 0 saturated heterocycles. The van der Waals surface area contributed by atoms with Crippen LogP contribution in [-0.4, -0.2) is 14.1 Å². The standard InChI is InChI=1S/C41H31N3O/c1-28-27-43(29(2)41(28)32-20-18-31(19-21-32)30-11-4-3-5-12-30)33-13-10-14-34(25-33)45-35-22-23-37-36-15-6-7-16-38(36)44(39(37)26-35)40-17-8-9-24-42-40/h3-27H,1-2H3. The van der Waals surface area contributed by atoms with Gasteiger partial charge >= 0.3 is 0 Å². The molecule has 0 fully saturated rings. The first-order chi connectivity index (χ1) is 22.1. The van der Waals surface area contributed by atoms with Crippen LogP contribution in [0.4, 0.5) is 0 Å². The Morgan fingerprint density at radius 3 is 2.09 bits per heavy atom. The summed E-state index contributed by atoms with van der Waals surface area (Å²) in [5, 5.41) is 2.36. The fraction of sp³-hybridized carbons (Fsp3) is 0.0488. The van der Waals surface area contributed by atoms with Gasteiger partial charge in [0.1, 0.15) is 17.3 Å². The Hall–Kier alpha value is -5.87. The summed E-state index contributed by atoms with van der Waals surface area (Å²) in [5.41, 5.74) is 10.6. The van der Waals surface area contributed by atoms with Crippen molar-refractivity contribution in [3.63, 3.8) is 0 Å². The lowest BCUT2D eigenvalue weighted by Crippen LogP contribution is -1.97. The van der Waals surface area contributed by atoms with Crippen LogP contribution >= 0.6 is 0 Å². The molecule has 4 nitrogen and oxygen atoms in total. The van der Waals surface area contributed by atoms with Crippen molar-refractivity contribution in [1.29, 1.82) is 0 Å². The minimum atomic E-state index is 0.777. The van der Waals surface area contributed by atoms with E-state index in [0.717, 1.165) is 34.0 Å². The maximum absolute atomic E-state index is 6.51. The summed E-state index contributed by atoms with van der Waals surface area (Å²) in [6.45, 7) is 4.37. The molecule has 0 radical (unpaired) electrons. The molecule has 0 spiro atoms. The topological polar surface area (TPSA) is 32.0 Å². The number of fused-ring (bicyclic) bond motifs is 3. The molecule has 4 heteroatoms. The number of rotatable bonds is 6. The van der Waals surface area contributed by atoms with Gasteiger partial charge < -0.3 is 9.30 Å². The number of para-hydroxylation sites is 1. The van der Waals surface area contributed by atoms with Crippen molar-refractivity contribution in [2.75, 3.05) is 0 Å². The van der Waals surface area contributed by atoms with E-state index in [1.165, 1.54) is 44.3 Å². The third kappa shape index (κ3) is 4.77. The van der Waals surface area contributed by atoms with Gasteiger partial charge in [0.2, 0.25) is 0 Å². The molecule has 0 N–H and O–H groups in total. The van der Waals surface area contributed by atoms with E-state index in [9.17, 15) is 0 Å². The molecular weight excluding hydrogens is 550 g/mol. The Labute approximate surface area is 262 Å². The van der Waals surface area contributed by atoms with Crippen LogP contribution in [0.1, 0.15) is 11.3 Å². The number of hydrogen-bond donors (Lipinski definition) is 0. The maximum atomic E-state index is 6.51. The molecule has 0 aliphatic heterocycles. The molecule has 8 aromatic rings. The molecule has 0 aliphatic rings. The van der Waals surface area contributed by atoms with E-state index in [4.69, 9.17) is 4.74 Å². The Morgan fingerprint density at radius 1 is 0.556 bits per heavy atom. The van der Waals surface area contributed by atoms with Gasteiger partial charge in [-0.05, 0) is 78.6 Å².